The molecule has 2 aromatic rings. The molecule has 0 spiro atoms. The van der Waals surface area contributed by atoms with Gasteiger partial charge in [-0.05, 0) is 50.5 Å². The third kappa shape index (κ3) is 3.97. The summed E-state index contributed by atoms with van der Waals surface area (Å²) in [4.78, 5) is 18.4. The fourth-order valence-corrected chi connectivity index (χ4v) is 2.48. The van der Waals surface area contributed by atoms with E-state index in [2.05, 4.69) is 44.7 Å². The molecule has 0 saturated heterocycles. The Labute approximate surface area is 138 Å². The molecule has 0 bridgehead atoms. The van der Waals surface area contributed by atoms with Crippen LogP contribution in [0.4, 0.5) is 0 Å². The second-order valence-electron chi connectivity index (χ2n) is 7.21. The van der Waals surface area contributed by atoms with Crippen molar-refractivity contribution in [2.75, 3.05) is 7.05 Å². The zero-order valence-corrected chi connectivity index (χ0v) is 14.9. The molecule has 0 aromatic carbocycles. The number of aromatic nitrogens is 3. The lowest BCUT2D eigenvalue weighted by molar-refractivity contribution is 0.0777. The van der Waals surface area contributed by atoms with Crippen molar-refractivity contribution in [2.24, 2.45) is 0 Å². The van der Waals surface area contributed by atoms with Crippen LogP contribution in [0.25, 0.3) is 0 Å². The maximum atomic E-state index is 12.7. The van der Waals surface area contributed by atoms with Crippen molar-refractivity contribution < 1.29 is 4.79 Å². The number of rotatable bonds is 4. The fourth-order valence-electron chi connectivity index (χ4n) is 2.48. The van der Waals surface area contributed by atoms with Gasteiger partial charge in [-0.25, -0.2) is 0 Å². The van der Waals surface area contributed by atoms with Crippen LogP contribution in [0.5, 0.6) is 0 Å². The molecular weight excluding hydrogens is 288 g/mol. The van der Waals surface area contributed by atoms with E-state index in [1.54, 1.807) is 24.3 Å². The first-order valence-electron chi connectivity index (χ1n) is 7.95. The Bertz CT molecular complexity index is 668. The summed E-state index contributed by atoms with van der Waals surface area (Å²) < 4.78 is 1.96. The third-order valence-electron chi connectivity index (χ3n) is 3.70. The molecule has 0 aliphatic carbocycles. The number of hydrogen-bond donors (Lipinski definition) is 0. The van der Waals surface area contributed by atoms with Gasteiger partial charge in [-0.2, -0.15) is 5.10 Å². The molecule has 5 nitrogen and oxygen atoms in total. The Hall–Kier alpha value is -2.17. The van der Waals surface area contributed by atoms with Crippen LogP contribution < -0.4 is 0 Å². The third-order valence-corrected chi connectivity index (χ3v) is 3.70. The largest absolute Gasteiger partial charge is 0.336 e. The molecule has 0 unspecified atom stereocenters. The minimum atomic E-state index is -0.151. The smallest absolute Gasteiger partial charge is 0.274 e. The normalized spacial score (nSPS) is 11.8. The van der Waals surface area contributed by atoms with E-state index in [0.717, 1.165) is 11.3 Å². The molecule has 1 amide bonds. The van der Waals surface area contributed by atoms with Crippen LogP contribution in [0.2, 0.25) is 0 Å². The summed E-state index contributed by atoms with van der Waals surface area (Å²) in [7, 11) is 1.80. The van der Waals surface area contributed by atoms with Gasteiger partial charge in [-0.1, -0.05) is 13.8 Å². The lowest BCUT2D eigenvalue weighted by Crippen LogP contribution is -2.28. The van der Waals surface area contributed by atoms with Gasteiger partial charge in [0.25, 0.3) is 5.91 Å². The van der Waals surface area contributed by atoms with Crippen LogP contribution in [0.15, 0.2) is 30.6 Å². The fraction of sp³-hybridized carbons (Fsp3) is 0.500. The maximum Gasteiger partial charge on any atom is 0.274 e. The zero-order chi connectivity index (χ0) is 17.2. The molecule has 0 radical (unpaired) electrons. The predicted octanol–water partition coefficient (Wildman–Crippen LogP) is 3.43. The number of pyridine rings is 1. The maximum absolute atomic E-state index is 12.7. The van der Waals surface area contributed by atoms with Gasteiger partial charge < -0.3 is 4.90 Å². The Morgan fingerprint density at radius 1 is 1.26 bits per heavy atom. The highest BCUT2D eigenvalue weighted by Gasteiger charge is 2.24. The minimum absolute atomic E-state index is 0.0632. The summed E-state index contributed by atoms with van der Waals surface area (Å²) in [6.45, 7) is 11.1. The predicted molar refractivity (Wildman–Crippen MR) is 91.3 cm³/mol. The summed E-state index contributed by atoms with van der Waals surface area (Å²) in [6.07, 6.45) is 3.47. The van der Waals surface area contributed by atoms with E-state index in [1.807, 2.05) is 22.9 Å². The number of carbonyl (C=O) groups excluding carboxylic acids is 1. The molecule has 2 rings (SSSR count). The summed E-state index contributed by atoms with van der Waals surface area (Å²) in [6, 6.07) is 5.75. The lowest BCUT2D eigenvalue weighted by atomic mass is 10.1. The van der Waals surface area contributed by atoms with Crippen LogP contribution in [-0.4, -0.2) is 32.6 Å². The molecule has 0 fully saturated rings. The molecule has 2 heterocycles. The molecular formula is C18H26N4O. The molecule has 0 atom stereocenters. The van der Waals surface area contributed by atoms with Crippen molar-refractivity contribution in [3.8, 4) is 0 Å². The van der Waals surface area contributed by atoms with E-state index < -0.39 is 0 Å². The summed E-state index contributed by atoms with van der Waals surface area (Å²) in [5, 5.41) is 4.58. The van der Waals surface area contributed by atoms with Crippen molar-refractivity contribution >= 4 is 5.91 Å². The standard InChI is InChI=1S/C18H26N4O/c1-13(2)16-11-15(20-22(16)18(3,4)5)17(23)21(6)12-14-7-9-19-10-8-14/h7-11,13H,12H2,1-6H3. The van der Waals surface area contributed by atoms with E-state index in [0.29, 0.717) is 18.2 Å². The molecule has 0 aliphatic heterocycles. The second kappa shape index (κ2) is 6.52. The number of nitrogens with zero attached hydrogens (tertiary/aromatic N) is 4. The number of carbonyl (C=O) groups is 1. The molecule has 124 valence electrons. The zero-order valence-electron chi connectivity index (χ0n) is 14.9. The highest BCUT2D eigenvalue weighted by molar-refractivity contribution is 5.92. The van der Waals surface area contributed by atoms with E-state index >= 15 is 0 Å². The van der Waals surface area contributed by atoms with Gasteiger partial charge >= 0.3 is 0 Å². The summed E-state index contributed by atoms with van der Waals surface area (Å²) >= 11 is 0. The van der Waals surface area contributed by atoms with Gasteiger partial charge in [0, 0.05) is 31.7 Å². The van der Waals surface area contributed by atoms with Crippen molar-refractivity contribution in [1.82, 2.24) is 19.7 Å². The van der Waals surface area contributed by atoms with Gasteiger partial charge in [0.15, 0.2) is 5.69 Å². The van der Waals surface area contributed by atoms with Crippen molar-refractivity contribution in [2.45, 2.75) is 52.6 Å². The van der Waals surface area contributed by atoms with Gasteiger partial charge in [0.05, 0.1) is 5.54 Å². The van der Waals surface area contributed by atoms with Crippen LogP contribution in [-0.2, 0) is 12.1 Å². The highest BCUT2D eigenvalue weighted by atomic mass is 16.2. The second-order valence-corrected chi connectivity index (χ2v) is 7.21. The van der Waals surface area contributed by atoms with Gasteiger partial charge in [0.1, 0.15) is 0 Å². The van der Waals surface area contributed by atoms with E-state index in [-0.39, 0.29) is 11.4 Å². The lowest BCUT2D eigenvalue weighted by Gasteiger charge is -2.23. The Kier molecular flexibility index (Phi) is 4.88. The first kappa shape index (κ1) is 17.2. The monoisotopic (exact) mass is 314 g/mol. The van der Waals surface area contributed by atoms with Crippen LogP contribution in [0, 0.1) is 0 Å². The summed E-state index contributed by atoms with van der Waals surface area (Å²) in [5.74, 6) is 0.250. The topological polar surface area (TPSA) is 51.0 Å². The van der Waals surface area contributed by atoms with Gasteiger partial charge in [-0.3, -0.25) is 14.5 Å². The van der Waals surface area contributed by atoms with E-state index in [9.17, 15) is 4.79 Å². The van der Waals surface area contributed by atoms with Crippen molar-refractivity contribution in [3.05, 3.63) is 47.5 Å². The van der Waals surface area contributed by atoms with Crippen molar-refractivity contribution in [1.29, 1.82) is 0 Å². The van der Waals surface area contributed by atoms with E-state index in [4.69, 9.17) is 0 Å². The number of amides is 1. The van der Waals surface area contributed by atoms with Crippen LogP contribution in [0.1, 0.15) is 62.3 Å². The van der Waals surface area contributed by atoms with Crippen molar-refractivity contribution in [3.63, 3.8) is 0 Å². The quantitative estimate of drug-likeness (QED) is 0.869. The van der Waals surface area contributed by atoms with Gasteiger partial charge in [-0.15, -0.1) is 0 Å². The van der Waals surface area contributed by atoms with E-state index in [1.165, 1.54) is 0 Å². The Balaban J connectivity index is 2.25. The molecule has 0 N–H and O–H groups in total. The molecule has 5 heteroatoms. The Morgan fingerprint density at radius 2 is 1.87 bits per heavy atom. The Morgan fingerprint density at radius 3 is 2.35 bits per heavy atom. The highest BCUT2D eigenvalue weighted by Crippen LogP contribution is 2.24. The minimum Gasteiger partial charge on any atom is -0.336 e. The first-order chi connectivity index (χ1) is 10.7. The molecule has 0 aliphatic rings. The molecule has 0 saturated carbocycles. The molecule has 23 heavy (non-hydrogen) atoms. The average molecular weight is 314 g/mol. The van der Waals surface area contributed by atoms with Crippen LogP contribution >= 0.6 is 0 Å². The SMILES string of the molecule is CC(C)c1cc(C(=O)N(C)Cc2ccncc2)nn1C(C)(C)C. The average Bonchev–Trinajstić information content (AvgIpc) is 2.93. The van der Waals surface area contributed by atoms with Gasteiger partial charge in [0.2, 0.25) is 0 Å². The summed E-state index contributed by atoms with van der Waals surface area (Å²) in [5.41, 5.74) is 2.48. The molecule has 2 aromatic heterocycles. The van der Waals surface area contributed by atoms with Crippen LogP contribution in [0.3, 0.4) is 0 Å². The first-order valence-corrected chi connectivity index (χ1v) is 7.95. The number of hydrogen-bond acceptors (Lipinski definition) is 3.